The van der Waals surface area contributed by atoms with Crippen molar-refractivity contribution in [3.05, 3.63) is 35.7 Å². The first-order valence-corrected chi connectivity index (χ1v) is 5.48. The number of benzene rings is 1. The molecule has 1 heterocycles. The van der Waals surface area contributed by atoms with Crippen LogP contribution in [0.5, 0.6) is 0 Å². The normalized spacial score (nSPS) is 11.1. The fraction of sp³-hybridized carbons (Fsp3) is 0.333. The summed E-state index contributed by atoms with van der Waals surface area (Å²) in [5, 5.41) is 4.38. The fourth-order valence-electron chi connectivity index (χ4n) is 1.56. The first-order valence-electron chi connectivity index (χ1n) is 5.48. The number of hydrogen-bond donors (Lipinski definition) is 1. The Morgan fingerprint density at radius 3 is 2.59 bits per heavy atom. The van der Waals surface area contributed by atoms with Crippen molar-refractivity contribution in [1.82, 2.24) is 14.8 Å². The fourth-order valence-corrected chi connectivity index (χ4v) is 1.56. The van der Waals surface area contributed by atoms with Gasteiger partial charge in [0.25, 0.3) is 0 Å². The Balaban J connectivity index is 2.49. The van der Waals surface area contributed by atoms with Gasteiger partial charge in [0.1, 0.15) is 11.6 Å². The third kappa shape index (κ3) is 2.13. The number of halogens is 1. The Hall–Kier alpha value is -1.91. The van der Waals surface area contributed by atoms with Gasteiger partial charge in [-0.3, -0.25) is 0 Å². The van der Waals surface area contributed by atoms with Crippen LogP contribution < -0.4 is 5.73 Å². The molecule has 1 aromatic carbocycles. The molecule has 90 valence electrons. The maximum absolute atomic E-state index is 13.1. The number of nitrogens with two attached hydrogens (primary N) is 1. The standard InChI is InChI=1S/C12H15FN4/c1-7(2)12-15-8(3)17(16-12)9-4-5-10(13)11(14)6-9/h4-7H,14H2,1-3H3. The smallest absolute Gasteiger partial charge is 0.153 e. The molecular formula is C12H15FN4. The summed E-state index contributed by atoms with van der Waals surface area (Å²) in [5.74, 6) is 1.37. The van der Waals surface area contributed by atoms with E-state index in [0.29, 0.717) is 0 Å². The molecular weight excluding hydrogens is 219 g/mol. The maximum Gasteiger partial charge on any atom is 0.153 e. The van der Waals surface area contributed by atoms with Crippen molar-refractivity contribution in [3.63, 3.8) is 0 Å². The summed E-state index contributed by atoms with van der Waals surface area (Å²) in [7, 11) is 0. The van der Waals surface area contributed by atoms with E-state index in [0.717, 1.165) is 17.3 Å². The quantitative estimate of drug-likeness (QED) is 0.812. The van der Waals surface area contributed by atoms with E-state index in [9.17, 15) is 4.39 Å². The van der Waals surface area contributed by atoms with Gasteiger partial charge in [-0.1, -0.05) is 13.8 Å². The summed E-state index contributed by atoms with van der Waals surface area (Å²) >= 11 is 0. The van der Waals surface area contributed by atoms with Crippen molar-refractivity contribution < 1.29 is 4.39 Å². The molecule has 4 nitrogen and oxygen atoms in total. The molecule has 2 N–H and O–H groups in total. The van der Waals surface area contributed by atoms with Crippen molar-refractivity contribution in [1.29, 1.82) is 0 Å². The monoisotopic (exact) mass is 234 g/mol. The molecule has 0 radical (unpaired) electrons. The summed E-state index contributed by atoms with van der Waals surface area (Å²) in [6.07, 6.45) is 0. The topological polar surface area (TPSA) is 56.7 Å². The number of nitrogen functional groups attached to an aromatic ring is 1. The molecule has 0 spiro atoms. The predicted molar refractivity (Wildman–Crippen MR) is 64.6 cm³/mol. The Labute approximate surface area is 99.3 Å². The van der Waals surface area contributed by atoms with Crippen LogP contribution in [-0.2, 0) is 0 Å². The average molecular weight is 234 g/mol. The van der Waals surface area contributed by atoms with E-state index < -0.39 is 5.82 Å². The number of aromatic nitrogens is 3. The molecule has 17 heavy (non-hydrogen) atoms. The van der Waals surface area contributed by atoms with Gasteiger partial charge < -0.3 is 5.73 Å². The van der Waals surface area contributed by atoms with Gasteiger partial charge >= 0.3 is 0 Å². The Kier molecular flexibility index (Phi) is 2.83. The first kappa shape index (κ1) is 11.6. The lowest BCUT2D eigenvalue weighted by Gasteiger charge is -2.04. The third-order valence-electron chi connectivity index (χ3n) is 2.53. The van der Waals surface area contributed by atoms with Crippen LogP contribution in [0.1, 0.15) is 31.4 Å². The minimum atomic E-state index is -0.421. The summed E-state index contributed by atoms with van der Waals surface area (Å²) < 4.78 is 14.7. The molecule has 0 unspecified atom stereocenters. The van der Waals surface area contributed by atoms with Crippen molar-refractivity contribution in [2.45, 2.75) is 26.7 Å². The molecule has 1 aromatic heterocycles. The lowest BCUT2D eigenvalue weighted by Crippen LogP contribution is -2.02. The second kappa shape index (κ2) is 4.16. The second-order valence-corrected chi connectivity index (χ2v) is 4.29. The molecule has 0 saturated carbocycles. The van der Waals surface area contributed by atoms with Crippen LogP contribution in [0.25, 0.3) is 5.69 Å². The van der Waals surface area contributed by atoms with Crippen LogP contribution in [-0.4, -0.2) is 14.8 Å². The molecule has 2 rings (SSSR count). The SMILES string of the molecule is Cc1nc(C(C)C)nn1-c1ccc(F)c(N)c1. The van der Waals surface area contributed by atoms with Crippen molar-refractivity contribution >= 4 is 5.69 Å². The van der Waals surface area contributed by atoms with Gasteiger partial charge in [0.2, 0.25) is 0 Å². The second-order valence-electron chi connectivity index (χ2n) is 4.29. The molecule has 0 bridgehead atoms. The lowest BCUT2D eigenvalue weighted by atomic mass is 10.2. The van der Waals surface area contributed by atoms with E-state index in [1.54, 1.807) is 16.8 Å². The lowest BCUT2D eigenvalue weighted by molar-refractivity contribution is 0.631. The predicted octanol–water partition coefficient (Wildman–Crippen LogP) is 2.42. The highest BCUT2D eigenvalue weighted by atomic mass is 19.1. The van der Waals surface area contributed by atoms with Gasteiger partial charge in [-0.25, -0.2) is 14.1 Å². The van der Waals surface area contributed by atoms with E-state index in [2.05, 4.69) is 10.1 Å². The summed E-state index contributed by atoms with van der Waals surface area (Å²) in [6.45, 7) is 5.91. The van der Waals surface area contributed by atoms with Gasteiger partial charge in [0, 0.05) is 5.92 Å². The van der Waals surface area contributed by atoms with E-state index >= 15 is 0 Å². The van der Waals surface area contributed by atoms with Crippen molar-refractivity contribution in [2.24, 2.45) is 0 Å². The molecule has 0 aliphatic carbocycles. The van der Waals surface area contributed by atoms with Crippen LogP contribution >= 0.6 is 0 Å². The zero-order valence-electron chi connectivity index (χ0n) is 10.1. The molecule has 0 saturated heterocycles. The summed E-state index contributed by atoms with van der Waals surface area (Å²) in [5.41, 5.74) is 6.38. The largest absolute Gasteiger partial charge is 0.396 e. The van der Waals surface area contributed by atoms with E-state index in [1.165, 1.54) is 6.07 Å². The van der Waals surface area contributed by atoms with Crippen LogP contribution in [0.15, 0.2) is 18.2 Å². The van der Waals surface area contributed by atoms with Crippen molar-refractivity contribution in [2.75, 3.05) is 5.73 Å². The zero-order valence-corrected chi connectivity index (χ0v) is 10.1. The summed E-state index contributed by atoms with van der Waals surface area (Å²) in [4.78, 5) is 4.36. The van der Waals surface area contributed by atoms with Gasteiger partial charge in [-0.15, -0.1) is 0 Å². The number of hydrogen-bond acceptors (Lipinski definition) is 3. The minimum absolute atomic E-state index is 0.114. The van der Waals surface area contributed by atoms with Crippen molar-refractivity contribution in [3.8, 4) is 5.69 Å². The maximum atomic E-state index is 13.1. The molecule has 0 fully saturated rings. The van der Waals surface area contributed by atoms with Crippen LogP contribution in [0, 0.1) is 12.7 Å². The highest BCUT2D eigenvalue weighted by Gasteiger charge is 2.11. The Bertz CT molecular complexity index is 545. The number of nitrogens with zero attached hydrogens (tertiary/aromatic N) is 3. The van der Waals surface area contributed by atoms with E-state index in [-0.39, 0.29) is 11.6 Å². The number of aryl methyl sites for hydroxylation is 1. The number of rotatable bonds is 2. The van der Waals surface area contributed by atoms with Gasteiger partial charge in [0.05, 0.1) is 11.4 Å². The number of anilines is 1. The highest BCUT2D eigenvalue weighted by Crippen LogP contribution is 2.18. The minimum Gasteiger partial charge on any atom is -0.396 e. The van der Waals surface area contributed by atoms with Gasteiger partial charge in [-0.05, 0) is 25.1 Å². The molecule has 0 aliphatic rings. The molecule has 2 aromatic rings. The average Bonchev–Trinajstić information content (AvgIpc) is 2.65. The Morgan fingerprint density at radius 2 is 2.06 bits per heavy atom. The third-order valence-corrected chi connectivity index (χ3v) is 2.53. The van der Waals surface area contributed by atoms with Crippen LogP contribution in [0.4, 0.5) is 10.1 Å². The molecule has 0 aliphatic heterocycles. The zero-order chi connectivity index (χ0) is 12.6. The van der Waals surface area contributed by atoms with Gasteiger partial charge in [-0.2, -0.15) is 5.10 Å². The summed E-state index contributed by atoms with van der Waals surface area (Å²) in [6, 6.07) is 4.53. The molecule has 0 atom stereocenters. The molecule has 5 heteroatoms. The highest BCUT2D eigenvalue weighted by molar-refractivity contribution is 5.48. The van der Waals surface area contributed by atoms with Gasteiger partial charge in [0.15, 0.2) is 5.82 Å². The van der Waals surface area contributed by atoms with Crippen LogP contribution in [0.3, 0.4) is 0 Å². The van der Waals surface area contributed by atoms with E-state index in [4.69, 9.17) is 5.73 Å². The molecule has 0 amide bonds. The van der Waals surface area contributed by atoms with Crippen LogP contribution in [0.2, 0.25) is 0 Å². The Morgan fingerprint density at radius 1 is 1.35 bits per heavy atom. The van der Waals surface area contributed by atoms with E-state index in [1.807, 2.05) is 20.8 Å². The first-order chi connectivity index (χ1) is 7.99.